The van der Waals surface area contributed by atoms with Gasteiger partial charge in [0.25, 0.3) is 0 Å². The second-order valence-corrected chi connectivity index (χ2v) is 10.4. The van der Waals surface area contributed by atoms with Gasteiger partial charge in [0, 0.05) is 57.9 Å². The van der Waals surface area contributed by atoms with Gasteiger partial charge in [-0.25, -0.2) is 12.7 Å². The quantitative estimate of drug-likeness (QED) is 0.418. The summed E-state index contributed by atoms with van der Waals surface area (Å²) in [6.45, 7) is 5.94. The molecule has 7 nitrogen and oxygen atoms in total. The Bertz CT molecular complexity index is 544. The maximum atomic E-state index is 12.4. The third kappa shape index (κ3) is 6.58. The van der Waals surface area contributed by atoms with E-state index in [4.69, 9.17) is 9.73 Å². The number of thioether (sulfide) groups is 1. The Morgan fingerprint density at radius 1 is 1.27 bits per heavy atom. The molecule has 0 amide bonds. The van der Waals surface area contributed by atoms with Crippen LogP contribution in [0.15, 0.2) is 4.99 Å². The van der Waals surface area contributed by atoms with Crippen LogP contribution in [-0.4, -0.2) is 82.4 Å². The van der Waals surface area contributed by atoms with Gasteiger partial charge in [-0.1, -0.05) is 6.42 Å². The highest BCUT2D eigenvalue weighted by molar-refractivity contribution is 7.99. The largest absolute Gasteiger partial charge is 0.385 e. The van der Waals surface area contributed by atoms with Gasteiger partial charge in [-0.05, 0) is 31.6 Å². The average molecular weight is 407 g/mol. The van der Waals surface area contributed by atoms with Crippen molar-refractivity contribution in [3.63, 3.8) is 0 Å². The van der Waals surface area contributed by atoms with E-state index in [0.29, 0.717) is 25.6 Å². The molecular weight excluding hydrogens is 372 g/mol. The van der Waals surface area contributed by atoms with E-state index in [-0.39, 0.29) is 11.2 Å². The van der Waals surface area contributed by atoms with Crippen LogP contribution in [0.3, 0.4) is 0 Å². The molecule has 1 saturated carbocycles. The molecule has 0 aromatic heterocycles. The fourth-order valence-corrected chi connectivity index (χ4v) is 5.81. The normalized spacial score (nSPS) is 21.2. The Hall–Kier alpha value is -0.510. The molecule has 0 unspecified atom stereocenters. The fourth-order valence-electron chi connectivity index (χ4n) is 3.32. The number of aliphatic imine (C=N–C) groups is 1. The Labute approximate surface area is 162 Å². The molecule has 0 radical (unpaired) electrons. The van der Waals surface area contributed by atoms with E-state index in [1.807, 2.05) is 18.7 Å². The maximum absolute atomic E-state index is 12.4. The van der Waals surface area contributed by atoms with Crippen LogP contribution in [-0.2, 0) is 14.8 Å². The average Bonchev–Trinajstić information content (AvgIpc) is 2.61. The van der Waals surface area contributed by atoms with Crippen molar-refractivity contribution in [1.29, 1.82) is 0 Å². The summed E-state index contributed by atoms with van der Waals surface area (Å²) in [7, 11) is -1.45. The number of ether oxygens (including phenoxy) is 1. The summed E-state index contributed by atoms with van der Waals surface area (Å²) in [5, 5.41) is 6.41. The number of guanidine groups is 1. The van der Waals surface area contributed by atoms with Gasteiger partial charge in [0.1, 0.15) is 0 Å². The van der Waals surface area contributed by atoms with E-state index >= 15 is 0 Å². The molecule has 26 heavy (non-hydrogen) atoms. The van der Waals surface area contributed by atoms with Gasteiger partial charge in [0.2, 0.25) is 10.0 Å². The predicted molar refractivity (Wildman–Crippen MR) is 109 cm³/mol. The minimum Gasteiger partial charge on any atom is -0.385 e. The van der Waals surface area contributed by atoms with Crippen molar-refractivity contribution in [2.24, 2.45) is 10.4 Å². The maximum Gasteiger partial charge on any atom is 0.215 e. The summed E-state index contributed by atoms with van der Waals surface area (Å²) < 4.78 is 31.7. The van der Waals surface area contributed by atoms with Crippen LogP contribution >= 0.6 is 11.8 Å². The van der Waals surface area contributed by atoms with Crippen molar-refractivity contribution in [3.8, 4) is 0 Å². The molecule has 0 bridgehead atoms. The van der Waals surface area contributed by atoms with E-state index in [1.54, 1.807) is 11.4 Å². The van der Waals surface area contributed by atoms with Gasteiger partial charge in [-0.3, -0.25) is 4.99 Å². The van der Waals surface area contributed by atoms with Crippen LogP contribution in [0.4, 0.5) is 0 Å². The lowest BCUT2D eigenvalue weighted by Gasteiger charge is -2.40. The minimum atomic E-state index is -3.18. The second-order valence-electron chi connectivity index (χ2n) is 7.05. The third-order valence-electron chi connectivity index (χ3n) is 5.18. The molecule has 0 aromatic rings. The van der Waals surface area contributed by atoms with Crippen molar-refractivity contribution in [1.82, 2.24) is 14.9 Å². The van der Waals surface area contributed by atoms with Gasteiger partial charge >= 0.3 is 0 Å². The van der Waals surface area contributed by atoms with E-state index in [9.17, 15) is 8.42 Å². The molecule has 1 saturated heterocycles. The van der Waals surface area contributed by atoms with Crippen LogP contribution in [0.2, 0.25) is 0 Å². The summed E-state index contributed by atoms with van der Waals surface area (Å²) in [4.78, 5) is 4.72. The second kappa shape index (κ2) is 10.7. The number of nitrogens with zero attached hydrogens (tertiary/aromatic N) is 2. The van der Waals surface area contributed by atoms with Crippen LogP contribution in [0.5, 0.6) is 0 Å². The summed E-state index contributed by atoms with van der Waals surface area (Å²) in [6.07, 6.45) is 4.69. The molecular formula is C17H34N4O3S2. The van der Waals surface area contributed by atoms with Crippen molar-refractivity contribution in [3.05, 3.63) is 0 Å². The molecule has 2 aliphatic rings. The van der Waals surface area contributed by atoms with E-state index < -0.39 is 10.0 Å². The van der Waals surface area contributed by atoms with Crippen molar-refractivity contribution >= 4 is 27.7 Å². The monoisotopic (exact) mass is 406 g/mol. The van der Waals surface area contributed by atoms with Gasteiger partial charge in [0.05, 0.1) is 5.75 Å². The molecule has 0 spiro atoms. The van der Waals surface area contributed by atoms with Crippen molar-refractivity contribution < 1.29 is 13.2 Å². The highest BCUT2D eigenvalue weighted by Gasteiger charge is 2.36. The lowest BCUT2D eigenvalue weighted by Crippen LogP contribution is -2.44. The molecule has 1 heterocycles. The predicted octanol–water partition coefficient (Wildman–Crippen LogP) is 1.13. The SMILES string of the molecule is CCNC(=NCC1(CCOC)CCC1)NCCS(=O)(=O)N1CCSCC1. The zero-order chi connectivity index (χ0) is 18.9. The van der Waals surface area contributed by atoms with Gasteiger partial charge in [-0.15, -0.1) is 0 Å². The zero-order valence-corrected chi connectivity index (χ0v) is 17.8. The Morgan fingerprint density at radius 3 is 2.58 bits per heavy atom. The number of hydrogen-bond donors (Lipinski definition) is 2. The molecule has 2 N–H and O–H groups in total. The molecule has 2 rings (SSSR count). The first-order chi connectivity index (χ1) is 12.5. The smallest absolute Gasteiger partial charge is 0.215 e. The summed E-state index contributed by atoms with van der Waals surface area (Å²) in [6, 6.07) is 0. The number of nitrogens with one attached hydrogen (secondary N) is 2. The topological polar surface area (TPSA) is 83.0 Å². The molecule has 1 aliphatic carbocycles. The first-order valence-corrected chi connectivity index (χ1v) is 12.3. The molecule has 9 heteroatoms. The first-order valence-electron chi connectivity index (χ1n) is 9.58. The molecule has 2 fully saturated rings. The lowest BCUT2D eigenvalue weighted by molar-refractivity contribution is 0.0778. The summed E-state index contributed by atoms with van der Waals surface area (Å²) in [5.41, 5.74) is 0.260. The van der Waals surface area contributed by atoms with Crippen molar-refractivity contribution in [2.45, 2.75) is 32.6 Å². The van der Waals surface area contributed by atoms with Crippen molar-refractivity contribution in [2.75, 3.05) is 63.7 Å². The Morgan fingerprint density at radius 2 is 2.00 bits per heavy atom. The Balaban J connectivity index is 1.83. The zero-order valence-electron chi connectivity index (χ0n) is 16.1. The minimum absolute atomic E-state index is 0.108. The molecule has 0 atom stereocenters. The van der Waals surface area contributed by atoms with Gasteiger partial charge in [0.15, 0.2) is 5.96 Å². The number of hydrogen-bond acceptors (Lipinski definition) is 5. The first kappa shape index (κ1) is 21.8. The summed E-state index contributed by atoms with van der Waals surface area (Å²) in [5.74, 6) is 2.60. The van der Waals surface area contributed by atoms with Crippen LogP contribution in [0.1, 0.15) is 32.6 Å². The molecule has 152 valence electrons. The summed E-state index contributed by atoms with van der Waals surface area (Å²) >= 11 is 1.81. The Kier molecular flexibility index (Phi) is 8.99. The highest BCUT2D eigenvalue weighted by Crippen LogP contribution is 2.44. The lowest BCUT2D eigenvalue weighted by atomic mass is 9.67. The third-order valence-corrected chi connectivity index (χ3v) is 8.00. The van der Waals surface area contributed by atoms with E-state index in [1.165, 1.54) is 19.3 Å². The highest BCUT2D eigenvalue weighted by atomic mass is 32.2. The van der Waals surface area contributed by atoms with E-state index in [2.05, 4.69) is 10.6 Å². The van der Waals surface area contributed by atoms with Gasteiger partial charge in [-0.2, -0.15) is 11.8 Å². The standard InChI is InChI=1S/C17H34N4O3S2/c1-3-18-16(20-15-17(5-4-6-17)7-11-24-2)19-8-14-26(22,23)21-9-12-25-13-10-21/h3-15H2,1-2H3,(H2,18,19,20). The number of sulfonamides is 1. The number of methoxy groups -OCH3 is 1. The molecule has 1 aliphatic heterocycles. The molecule has 0 aromatic carbocycles. The van der Waals surface area contributed by atoms with Crippen LogP contribution < -0.4 is 10.6 Å². The number of rotatable bonds is 10. The fraction of sp³-hybridized carbons (Fsp3) is 0.941. The van der Waals surface area contributed by atoms with Gasteiger partial charge < -0.3 is 15.4 Å². The van der Waals surface area contributed by atoms with Crippen LogP contribution in [0.25, 0.3) is 0 Å². The van der Waals surface area contributed by atoms with Crippen LogP contribution in [0, 0.1) is 5.41 Å². The van der Waals surface area contributed by atoms with E-state index in [0.717, 1.165) is 37.6 Å².